The van der Waals surface area contributed by atoms with Gasteiger partial charge in [-0.15, -0.1) is 12.4 Å². The van der Waals surface area contributed by atoms with Crippen molar-refractivity contribution in [1.29, 1.82) is 0 Å². The van der Waals surface area contributed by atoms with Crippen molar-refractivity contribution in [3.8, 4) is 11.4 Å². The summed E-state index contributed by atoms with van der Waals surface area (Å²) < 4.78 is 0. The highest BCUT2D eigenvalue weighted by molar-refractivity contribution is 5.93. The van der Waals surface area contributed by atoms with Gasteiger partial charge in [-0.25, -0.2) is 4.98 Å². The maximum atomic E-state index is 11.5. The van der Waals surface area contributed by atoms with Crippen molar-refractivity contribution in [3.63, 3.8) is 0 Å². The first-order valence-corrected chi connectivity index (χ1v) is 8.88. The number of H-pyrrole nitrogens is 1. The van der Waals surface area contributed by atoms with Gasteiger partial charge in [0.15, 0.2) is 11.6 Å². The van der Waals surface area contributed by atoms with E-state index >= 15 is 0 Å². The molecular formula is C19H22ClN7O. The summed E-state index contributed by atoms with van der Waals surface area (Å²) in [5.41, 5.74) is 7.22. The van der Waals surface area contributed by atoms with Crippen LogP contribution in [-0.2, 0) is 5.54 Å². The van der Waals surface area contributed by atoms with Gasteiger partial charge in [-0.3, -0.25) is 14.9 Å². The van der Waals surface area contributed by atoms with Crippen molar-refractivity contribution < 1.29 is 4.79 Å². The molecular weight excluding hydrogens is 378 g/mol. The molecule has 28 heavy (non-hydrogen) atoms. The Bertz CT molecular complexity index is 938. The van der Waals surface area contributed by atoms with Crippen LogP contribution >= 0.6 is 12.4 Å². The number of anilines is 1. The summed E-state index contributed by atoms with van der Waals surface area (Å²) in [4.78, 5) is 20.3. The number of primary amides is 1. The van der Waals surface area contributed by atoms with Crippen molar-refractivity contribution in [2.45, 2.75) is 18.4 Å². The standard InChI is InChI=1S/C19H21N7O.ClH/c20-16(27)14-2-1-3-15(12-14)24-19(6-10-22-11-7-19)18-23-17(25-26-18)13-4-8-21-9-5-13;/h1-5,8-9,12,22,24H,6-7,10-11H2,(H2,20,27)(H,23,25,26);1H. The molecule has 0 unspecified atom stereocenters. The minimum Gasteiger partial charge on any atom is -0.373 e. The van der Waals surface area contributed by atoms with E-state index in [0.29, 0.717) is 11.4 Å². The quantitative estimate of drug-likeness (QED) is 0.521. The van der Waals surface area contributed by atoms with Gasteiger partial charge in [0.05, 0.1) is 5.54 Å². The fourth-order valence-electron chi connectivity index (χ4n) is 3.41. The molecule has 0 atom stereocenters. The number of nitrogens with two attached hydrogens (primary N) is 1. The van der Waals surface area contributed by atoms with E-state index in [1.807, 2.05) is 24.3 Å². The number of halogens is 1. The molecule has 146 valence electrons. The van der Waals surface area contributed by atoms with Crippen molar-refractivity contribution in [3.05, 3.63) is 60.2 Å². The smallest absolute Gasteiger partial charge is 0.248 e. The zero-order valence-corrected chi connectivity index (χ0v) is 16.0. The first-order valence-electron chi connectivity index (χ1n) is 8.88. The van der Waals surface area contributed by atoms with Gasteiger partial charge in [-0.2, -0.15) is 5.10 Å². The summed E-state index contributed by atoms with van der Waals surface area (Å²) in [6, 6.07) is 11.0. The van der Waals surface area contributed by atoms with Crippen LogP contribution in [0.2, 0.25) is 0 Å². The Morgan fingerprint density at radius 1 is 1.14 bits per heavy atom. The van der Waals surface area contributed by atoms with E-state index in [1.165, 1.54) is 0 Å². The topological polar surface area (TPSA) is 122 Å². The molecule has 2 aromatic heterocycles. The predicted molar refractivity (Wildman–Crippen MR) is 109 cm³/mol. The summed E-state index contributed by atoms with van der Waals surface area (Å²) in [5, 5.41) is 14.5. The lowest BCUT2D eigenvalue weighted by atomic mass is 9.87. The zero-order chi connectivity index (χ0) is 18.7. The number of aromatic nitrogens is 4. The van der Waals surface area contributed by atoms with E-state index in [4.69, 9.17) is 10.7 Å². The molecule has 8 nitrogen and oxygen atoms in total. The molecule has 1 aromatic carbocycles. The Morgan fingerprint density at radius 2 is 1.89 bits per heavy atom. The SMILES string of the molecule is Cl.NC(=O)c1cccc(NC2(c3nc(-c4ccncc4)n[nH]3)CCNCC2)c1. The summed E-state index contributed by atoms with van der Waals surface area (Å²) in [6.45, 7) is 1.71. The third-order valence-electron chi connectivity index (χ3n) is 4.87. The van der Waals surface area contributed by atoms with Crippen LogP contribution in [-0.4, -0.2) is 39.2 Å². The van der Waals surface area contributed by atoms with Crippen LogP contribution in [0, 0.1) is 0 Å². The molecule has 1 fully saturated rings. The molecule has 1 aliphatic rings. The third kappa shape index (κ3) is 3.97. The summed E-state index contributed by atoms with van der Waals surface area (Å²) in [5.74, 6) is 0.968. The highest BCUT2D eigenvalue weighted by atomic mass is 35.5. The number of carbonyl (C=O) groups excluding carboxylic acids is 1. The third-order valence-corrected chi connectivity index (χ3v) is 4.87. The minimum atomic E-state index is -0.447. The molecule has 1 saturated heterocycles. The van der Waals surface area contributed by atoms with Crippen LogP contribution in [0.3, 0.4) is 0 Å². The number of hydrogen-bond acceptors (Lipinski definition) is 6. The fraction of sp³-hybridized carbons (Fsp3) is 0.263. The molecule has 5 N–H and O–H groups in total. The second kappa shape index (κ2) is 8.37. The van der Waals surface area contributed by atoms with Crippen LogP contribution in [0.15, 0.2) is 48.8 Å². The Kier molecular flexibility index (Phi) is 5.91. The van der Waals surface area contributed by atoms with Crippen LogP contribution in [0.25, 0.3) is 11.4 Å². The molecule has 0 bridgehead atoms. The van der Waals surface area contributed by atoms with E-state index in [0.717, 1.165) is 43.0 Å². The van der Waals surface area contributed by atoms with Gasteiger partial charge in [0, 0.05) is 29.2 Å². The van der Waals surface area contributed by atoms with Gasteiger partial charge < -0.3 is 16.4 Å². The van der Waals surface area contributed by atoms with Crippen molar-refractivity contribution in [2.75, 3.05) is 18.4 Å². The van der Waals surface area contributed by atoms with Gasteiger partial charge in [0.2, 0.25) is 5.91 Å². The second-order valence-electron chi connectivity index (χ2n) is 6.65. The first-order chi connectivity index (χ1) is 13.2. The maximum Gasteiger partial charge on any atom is 0.248 e. The Morgan fingerprint density at radius 3 is 2.61 bits per heavy atom. The van der Waals surface area contributed by atoms with E-state index in [1.54, 1.807) is 24.5 Å². The Labute approximate surface area is 168 Å². The molecule has 3 aromatic rings. The van der Waals surface area contributed by atoms with Crippen molar-refractivity contribution >= 4 is 24.0 Å². The molecule has 0 spiro atoms. The number of aromatic amines is 1. The normalized spacial score (nSPS) is 15.4. The molecule has 1 aliphatic heterocycles. The lowest BCUT2D eigenvalue weighted by Crippen LogP contribution is -2.46. The van der Waals surface area contributed by atoms with E-state index in [-0.39, 0.29) is 12.4 Å². The van der Waals surface area contributed by atoms with Crippen molar-refractivity contribution in [2.24, 2.45) is 5.73 Å². The number of benzene rings is 1. The van der Waals surface area contributed by atoms with E-state index in [9.17, 15) is 4.79 Å². The Balaban J connectivity index is 0.00000225. The first kappa shape index (κ1) is 19.8. The van der Waals surface area contributed by atoms with Crippen LogP contribution in [0.1, 0.15) is 29.0 Å². The zero-order valence-electron chi connectivity index (χ0n) is 15.2. The number of nitrogens with one attached hydrogen (secondary N) is 3. The minimum absolute atomic E-state index is 0. The fourth-order valence-corrected chi connectivity index (χ4v) is 3.41. The highest BCUT2D eigenvalue weighted by Crippen LogP contribution is 2.33. The van der Waals surface area contributed by atoms with Crippen LogP contribution < -0.4 is 16.4 Å². The number of carbonyl (C=O) groups is 1. The molecule has 9 heteroatoms. The van der Waals surface area contributed by atoms with Gasteiger partial charge in [0.1, 0.15) is 0 Å². The van der Waals surface area contributed by atoms with E-state index in [2.05, 4.69) is 25.8 Å². The summed E-state index contributed by atoms with van der Waals surface area (Å²) in [6.07, 6.45) is 5.11. The predicted octanol–water partition coefficient (Wildman–Crippen LogP) is 2.08. The van der Waals surface area contributed by atoms with Gasteiger partial charge in [0.25, 0.3) is 0 Å². The van der Waals surface area contributed by atoms with Gasteiger partial charge >= 0.3 is 0 Å². The molecule has 1 amide bonds. The number of piperidine rings is 1. The number of nitrogens with zero attached hydrogens (tertiary/aromatic N) is 3. The average molecular weight is 400 g/mol. The van der Waals surface area contributed by atoms with Crippen molar-refractivity contribution in [1.82, 2.24) is 25.5 Å². The lowest BCUT2D eigenvalue weighted by molar-refractivity contribution is 0.100. The second-order valence-corrected chi connectivity index (χ2v) is 6.65. The summed E-state index contributed by atoms with van der Waals surface area (Å²) in [7, 11) is 0. The van der Waals surface area contributed by atoms with Gasteiger partial charge in [-0.05, 0) is 56.3 Å². The molecule has 0 radical (unpaired) electrons. The van der Waals surface area contributed by atoms with Crippen LogP contribution in [0.4, 0.5) is 5.69 Å². The number of amides is 1. The molecule has 3 heterocycles. The van der Waals surface area contributed by atoms with Gasteiger partial charge in [-0.1, -0.05) is 6.07 Å². The molecule has 0 aliphatic carbocycles. The average Bonchev–Trinajstić information content (AvgIpc) is 3.21. The number of pyridine rings is 1. The number of rotatable bonds is 5. The largest absolute Gasteiger partial charge is 0.373 e. The summed E-state index contributed by atoms with van der Waals surface area (Å²) >= 11 is 0. The Hall–Kier alpha value is -2.97. The molecule has 4 rings (SSSR count). The number of hydrogen-bond donors (Lipinski definition) is 4. The van der Waals surface area contributed by atoms with Crippen LogP contribution in [0.5, 0.6) is 0 Å². The monoisotopic (exact) mass is 399 g/mol. The van der Waals surface area contributed by atoms with E-state index < -0.39 is 11.4 Å². The highest BCUT2D eigenvalue weighted by Gasteiger charge is 2.37. The molecule has 0 saturated carbocycles. The lowest BCUT2D eigenvalue weighted by Gasteiger charge is -2.37. The maximum absolute atomic E-state index is 11.5.